The summed E-state index contributed by atoms with van der Waals surface area (Å²) >= 11 is 0. The van der Waals surface area contributed by atoms with E-state index < -0.39 is 5.60 Å². The third-order valence-electron chi connectivity index (χ3n) is 2.76. The van der Waals surface area contributed by atoms with E-state index in [-0.39, 0.29) is 0 Å². The molecule has 1 saturated carbocycles. The maximum absolute atomic E-state index is 9.80. The van der Waals surface area contributed by atoms with E-state index in [9.17, 15) is 5.11 Å². The van der Waals surface area contributed by atoms with Crippen LogP contribution in [0.5, 0.6) is 0 Å². The summed E-state index contributed by atoms with van der Waals surface area (Å²) in [7, 11) is 0. The van der Waals surface area contributed by atoms with Gasteiger partial charge in [0, 0.05) is 0 Å². The first kappa shape index (κ1) is 8.06. The molecule has 0 bridgehead atoms. The fourth-order valence-electron chi connectivity index (χ4n) is 2.26. The van der Waals surface area contributed by atoms with Crippen molar-refractivity contribution in [3.63, 3.8) is 0 Å². The normalized spacial score (nSPS) is 45.9. The maximum Gasteiger partial charge on any atom is 0.0650 e. The van der Waals surface area contributed by atoms with Crippen LogP contribution in [0.1, 0.15) is 40.5 Å². The summed E-state index contributed by atoms with van der Waals surface area (Å²) in [6.45, 7) is 8.54. The van der Waals surface area contributed by atoms with Gasteiger partial charge in [0.2, 0.25) is 0 Å². The maximum atomic E-state index is 9.80. The van der Waals surface area contributed by atoms with Gasteiger partial charge >= 0.3 is 0 Å². The van der Waals surface area contributed by atoms with Crippen LogP contribution in [-0.4, -0.2) is 10.7 Å². The second-order valence-corrected chi connectivity index (χ2v) is 4.80. The molecule has 2 atom stereocenters. The predicted molar refractivity (Wildman–Crippen MR) is 42.8 cm³/mol. The van der Waals surface area contributed by atoms with Crippen LogP contribution in [-0.2, 0) is 0 Å². The third-order valence-corrected chi connectivity index (χ3v) is 2.76. The van der Waals surface area contributed by atoms with E-state index in [4.69, 9.17) is 0 Å². The number of aliphatic hydroxyl groups is 1. The molecule has 0 amide bonds. The van der Waals surface area contributed by atoms with Gasteiger partial charge < -0.3 is 5.11 Å². The van der Waals surface area contributed by atoms with Crippen molar-refractivity contribution in [3.05, 3.63) is 0 Å². The molecule has 1 N–H and O–H groups in total. The highest BCUT2D eigenvalue weighted by Gasteiger charge is 2.43. The van der Waals surface area contributed by atoms with E-state index in [1.807, 2.05) is 6.92 Å². The van der Waals surface area contributed by atoms with Crippen molar-refractivity contribution >= 4 is 0 Å². The number of hydrogen-bond acceptors (Lipinski definition) is 1. The molecule has 1 aliphatic rings. The largest absolute Gasteiger partial charge is 0.390 e. The Hall–Kier alpha value is -0.0400. The molecule has 0 aromatic carbocycles. The Morgan fingerprint density at radius 3 is 1.90 bits per heavy atom. The number of hydrogen-bond donors (Lipinski definition) is 1. The monoisotopic (exact) mass is 142 g/mol. The molecule has 0 aromatic rings. The molecule has 60 valence electrons. The van der Waals surface area contributed by atoms with Gasteiger partial charge in [0.05, 0.1) is 5.60 Å². The first-order valence-corrected chi connectivity index (χ1v) is 4.06. The lowest BCUT2D eigenvalue weighted by atomic mass is 9.90. The summed E-state index contributed by atoms with van der Waals surface area (Å²) in [6, 6.07) is 0. The Morgan fingerprint density at radius 2 is 1.80 bits per heavy atom. The summed E-state index contributed by atoms with van der Waals surface area (Å²) in [4.78, 5) is 0. The van der Waals surface area contributed by atoms with Crippen molar-refractivity contribution < 1.29 is 5.11 Å². The van der Waals surface area contributed by atoms with Gasteiger partial charge in [-0.3, -0.25) is 0 Å². The van der Waals surface area contributed by atoms with Crippen LogP contribution >= 0.6 is 0 Å². The topological polar surface area (TPSA) is 20.2 Å². The Bertz CT molecular complexity index is 136. The van der Waals surface area contributed by atoms with E-state index in [1.165, 1.54) is 0 Å². The van der Waals surface area contributed by atoms with Crippen LogP contribution in [0, 0.1) is 11.3 Å². The molecule has 0 aliphatic heterocycles. The predicted octanol–water partition coefficient (Wildman–Crippen LogP) is 2.19. The minimum Gasteiger partial charge on any atom is -0.390 e. The summed E-state index contributed by atoms with van der Waals surface area (Å²) in [5.41, 5.74) is -0.0631. The highest BCUT2D eigenvalue weighted by Crippen LogP contribution is 2.46. The minimum atomic E-state index is -0.413. The zero-order valence-electron chi connectivity index (χ0n) is 7.44. The van der Waals surface area contributed by atoms with Crippen LogP contribution in [0.4, 0.5) is 0 Å². The zero-order valence-corrected chi connectivity index (χ0v) is 7.44. The highest BCUT2D eigenvalue weighted by atomic mass is 16.3. The smallest absolute Gasteiger partial charge is 0.0650 e. The lowest BCUT2D eigenvalue weighted by molar-refractivity contribution is 0.0231. The molecular formula is C9H18O. The van der Waals surface area contributed by atoms with Crippen LogP contribution in [0.25, 0.3) is 0 Å². The molecule has 0 spiro atoms. The molecule has 1 heteroatoms. The van der Waals surface area contributed by atoms with Crippen molar-refractivity contribution in [1.29, 1.82) is 0 Å². The van der Waals surface area contributed by atoms with Crippen molar-refractivity contribution in [1.82, 2.24) is 0 Å². The summed E-state index contributed by atoms with van der Waals surface area (Å²) in [5, 5.41) is 9.80. The first-order valence-electron chi connectivity index (χ1n) is 4.06. The van der Waals surface area contributed by atoms with Gasteiger partial charge in [-0.1, -0.05) is 20.8 Å². The Morgan fingerprint density at radius 1 is 1.30 bits per heavy atom. The SMILES string of the molecule is C[C@H]1CC(C)(C)C[C@]1(C)O. The fraction of sp³-hybridized carbons (Fsp3) is 1.00. The van der Waals surface area contributed by atoms with Crippen LogP contribution in [0.15, 0.2) is 0 Å². The van der Waals surface area contributed by atoms with Crippen molar-refractivity contribution in [2.24, 2.45) is 11.3 Å². The Labute approximate surface area is 63.4 Å². The quantitative estimate of drug-likeness (QED) is 0.549. The van der Waals surface area contributed by atoms with Crippen LogP contribution < -0.4 is 0 Å². The average Bonchev–Trinajstić information content (AvgIpc) is 1.73. The average molecular weight is 142 g/mol. The number of rotatable bonds is 0. The second-order valence-electron chi connectivity index (χ2n) is 4.80. The second kappa shape index (κ2) is 1.97. The molecular weight excluding hydrogens is 124 g/mol. The van der Waals surface area contributed by atoms with E-state index in [1.54, 1.807) is 0 Å². The summed E-state index contributed by atoms with van der Waals surface area (Å²) < 4.78 is 0. The molecule has 10 heavy (non-hydrogen) atoms. The molecule has 0 aromatic heterocycles. The third kappa shape index (κ3) is 1.34. The molecule has 0 heterocycles. The first-order chi connectivity index (χ1) is 4.33. The minimum absolute atomic E-state index is 0.350. The Kier molecular flexibility index (Phi) is 1.59. The molecule has 1 rings (SSSR count). The van der Waals surface area contributed by atoms with Crippen molar-refractivity contribution in [3.8, 4) is 0 Å². The van der Waals surface area contributed by atoms with Gasteiger partial charge in [-0.25, -0.2) is 0 Å². The van der Waals surface area contributed by atoms with E-state index in [0.717, 1.165) is 12.8 Å². The van der Waals surface area contributed by atoms with E-state index in [2.05, 4.69) is 20.8 Å². The molecule has 1 nitrogen and oxygen atoms in total. The van der Waals surface area contributed by atoms with Gasteiger partial charge in [0.1, 0.15) is 0 Å². The van der Waals surface area contributed by atoms with Gasteiger partial charge in [0.25, 0.3) is 0 Å². The van der Waals surface area contributed by atoms with Crippen molar-refractivity contribution in [2.45, 2.75) is 46.1 Å². The molecule has 0 saturated heterocycles. The van der Waals surface area contributed by atoms with Gasteiger partial charge in [-0.05, 0) is 31.1 Å². The molecule has 0 unspecified atom stereocenters. The standard InChI is InChI=1S/C9H18O/c1-7-5-8(2,3)6-9(7,4)10/h7,10H,5-6H2,1-4H3/t7-,9-/m0/s1. The van der Waals surface area contributed by atoms with Gasteiger partial charge in [0.15, 0.2) is 0 Å². The van der Waals surface area contributed by atoms with E-state index >= 15 is 0 Å². The van der Waals surface area contributed by atoms with Gasteiger partial charge in [-0.2, -0.15) is 0 Å². The lowest BCUT2D eigenvalue weighted by Gasteiger charge is -2.22. The highest BCUT2D eigenvalue weighted by molar-refractivity contribution is 4.95. The zero-order chi connectivity index (χ0) is 7.99. The molecule has 0 radical (unpaired) electrons. The lowest BCUT2D eigenvalue weighted by Crippen LogP contribution is -2.27. The molecule has 1 fully saturated rings. The van der Waals surface area contributed by atoms with E-state index in [0.29, 0.717) is 11.3 Å². The van der Waals surface area contributed by atoms with Crippen LogP contribution in [0.2, 0.25) is 0 Å². The Balaban J connectivity index is 2.71. The van der Waals surface area contributed by atoms with Crippen molar-refractivity contribution in [2.75, 3.05) is 0 Å². The summed E-state index contributed by atoms with van der Waals surface area (Å²) in [5.74, 6) is 0.461. The fourth-order valence-corrected chi connectivity index (χ4v) is 2.26. The summed E-state index contributed by atoms with van der Waals surface area (Å²) in [6.07, 6.45) is 2.10. The molecule has 1 aliphatic carbocycles. The van der Waals surface area contributed by atoms with Gasteiger partial charge in [-0.15, -0.1) is 0 Å². The van der Waals surface area contributed by atoms with Crippen LogP contribution in [0.3, 0.4) is 0 Å².